The molecule has 0 bridgehead atoms. The third-order valence-electron chi connectivity index (χ3n) is 13.9. The zero-order valence-electron chi connectivity index (χ0n) is 36.3. The number of amidine groups is 1. The topological polar surface area (TPSA) is 24.4 Å². The van der Waals surface area contributed by atoms with E-state index in [1.807, 2.05) is 7.05 Å². The van der Waals surface area contributed by atoms with Crippen molar-refractivity contribution in [1.29, 1.82) is 0 Å². The first-order valence-corrected chi connectivity index (χ1v) is 23.5. The molecule has 0 radical (unpaired) electrons. The first-order valence-electron chi connectivity index (χ1n) is 22.2. The van der Waals surface area contributed by atoms with Gasteiger partial charge in [-0.3, -0.25) is 4.99 Å². The molecule has 0 heterocycles. The number of allylic oxidation sites excluding steroid dienone is 3. The SMILES string of the molecule is Bc1c(S)c(C(N/C(=N\C)C2=CCc3ccccc32)c2ccc(-c3ccccc3)cc2)c(C)c2c1-c1c(C)c(S)c(-c3cc(-c4ccccc4)cc(C4CC=CCC4)c3)c(S)c1C2. The summed E-state index contributed by atoms with van der Waals surface area (Å²) in [5, 5.41) is 4.01. The van der Waals surface area contributed by atoms with Gasteiger partial charge in [-0.2, -0.15) is 0 Å². The molecular weight excluding hydrogens is 820 g/mol. The summed E-state index contributed by atoms with van der Waals surface area (Å²) in [7, 11) is 4.14. The van der Waals surface area contributed by atoms with Crippen molar-refractivity contribution in [3.63, 3.8) is 0 Å². The predicted octanol–water partition coefficient (Wildman–Crippen LogP) is 13.2. The summed E-state index contributed by atoms with van der Waals surface area (Å²) in [6.07, 6.45) is 12.0. The third-order valence-corrected chi connectivity index (χ3v) is 15.5. The molecule has 2 atom stereocenters. The highest BCUT2D eigenvalue weighted by Gasteiger charge is 2.34. The number of thiol groups is 3. The molecule has 6 heteroatoms. The number of hydrogen-bond acceptors (Lipinski definition) is 4. The van der Waals surface area contributed by atoms with Crippen LogP contribution in [0.15, 0.2) is 165 Å². The van der Waals surface area contributed by atoms with Crippen molar-refractivity contribution < 1.29 is 0 Å². The fourth-order valence-corrected chi connectivity index (χ4v) is 11.8. The zero-order valence-corrected chi connectivity index (χ0v) is 39.0. The summed E-state index contributed by atoms with van der Waals surface area (Å²) in [5.41, 5.74) is 23.3. The van der Waals surface area contributed by atoms with Gasteiger partial charge in [-0.05, 0) is 141 Å². The second-order valence-corrected chi connectivity index (χ2v) is 18.7. The van der Waals surface area contributed by atoms with Gasteiger partial charge in [0.1, 0.15) is 13.7 Å². The van der Waals surface area contributed by atoms with E-state index in [2.05, 4.69) is 173 Å². The molecule has 0 fully saturated rings. The van der Waals surface area contributed by atoms with E-state index < -0.39 is 0 Å². The van der Waals surface area contributed by atoms with Gasteiger partial charge in [-0.25, -0.2) is 0 Å². The van der Waals surface area contributed by atoms with E-state index in [1.54, 1.807) is 0 Å². The molecule has 0 aromatic heterocycles. The van der Waals surface area contributed by atoms with Crippen LogP contribution >= 0.6 is 37.9 Å². The lowest BCUT2D eigenvalue weighted by Crippen LogP contribution is -2.32. The highest BCUT2D eigenvalue weighted by atomic mass is 32.1. The van der Waals surface area contributed by atoms with E-state index in [9.17, 15) is 0 Å². The van der Waals surface area contributed by atoms with E-state index in [1.165, 1.54) is 88.9 Å². The lowest BCUT2D eigenvalue weighted by molar-refractivity contribution is 0.617. The number of nitrogens with zero attached hydrogens (tertiary/aromatic N) is 1. The summed E-state index contributed by atoms with van der Waals surface area (Å²) in [4.78, 5) is 7.92. The minimum absolute atomic E-state index is 0.219. The van der Waals surface area contributed by atoms with Gasteiger partial charge in [0, 0.05) is 39.3 Å². The average molecular weight is 871 g/mol. The van der Waals surface area contributed by atoms with Crippen molar-refractivity contribution in [3.05, 3.63) is 196 Å². The molecule has 0 amide bonds. The standard InChI is InChI=1S/C57H51BN2S3/c1-33-46-32-47-48(34(2)54(61)50(55(47)62)43-30-41(36-17-9-5-10-18-36)29-42(31-43)37-19-11-6-12-20-37)51(46)52(58)56(63)49(33)53(40-25-23-38(24-26-40)35-15-7-4-8-16-35)60-57(59-3)45-28-27-39-21-13-14-22-44(39)45/h4-11,13-18,21-26,28-31,37,53,61-63H,12,19-20,27,32,58H2,1-3H3,(H,59,60). The Morgan fingerprint density at radius 1 is 0.667 bits per heavy atom. The van der Waals surface area contributed by atoms with Crippen LogP contribution in [0.4, 0.5) is 0 Å². The summed E-state index contributed by atoms with van der Waals surface area (Å²) in [6.45, 7) is 4.54. The predicted molar refractivity (Wildman–Crippen MR) is 279 cm³/mol. The fourth-order valence-electron chi connectivity index (χ4n) is 10.5. The number of aliphatic imine (C=N–C) groups is 1. The molecule has 3 aliphatic carbocycles. The molecule has 10 rings (SSSR count). The normalized spacial score (nSPS) is 15.7. The monoisotopic (exact) mass is 870 g/mol. The Bertz CT molecular complexity index is 3020. The molecule has 7 aromatic carbocycles. The Morgan fingerprint density at radius 2 is 1.33 bits per heavy atom. The smallest absolute Gasteiger partial charge is 0.141 e. The molecule has 0 saturated carbocycles. The van der Waals surface area contributed by atoms with Gasteiger partial charge in [0.05, 0.1) is 6.04 Å². The maximum absolute atomic E-state index is 5.49. The van der Waals surface area contributed by atoms with Gasteiger partial charge in [-0.1, -0.05) is 145 Å². The maximum Gasteiger partial charge on any atom is 0.141 e. The Kier molecular flexibility index (Phi) is 11.4. The van der Waals surface area contributed by atoms with Crippen LogP contribution < -0.4 is 10.8 Å². The van der Waals surface area contributed by atoms with Crippen LogP contribution in [0.3, 0.4) is 0 Å². The second kappa shape index (κ2) is 17.3. The Labute approximate surface area is 390 Å². The number of rotatable bonds is 8. The van der Waals surface area contributed by atoms with Crippen LogP contribution in [0.2, 0.25) is 0 Å². The van der Waals surface area contributed by atoms with E-state index in [-0.39, 0.29) is 6.04 Å². The summed E-state index contributed by atoms with van der Waals surface area (Å²) in [6, 6.07) is 46.0. The summed E-state index contributed by atoms with van der Waals surface area (Å²) < 4.78 is 0. The van der Waals surface area contributed by atoms with Gasteiger partial charge < -0.3 is 5.32 Å². The maximum atomic E-state index is 5.49. The Morgan fingerprint density at radius 3 is 2.03 bits per heavy atom. The van der Waals surface area contributed by atoms with Crippen LogP contribution in [0.25, 0.3) is 50.1 Å². The molecule has 310 valence electrons. The first-order chi connectivity index (χ1) is 30.7. The van der Waals surface area contributed by atoms with Crippen molar-refractivity contribution in [2.75, 3.05) is 7.05 Å². The van der Waals surface area contributed by atoms with Crippen LogP contribution in [0.5, 0.6) is 0 Å². The van der Waals surface area contributed by atoms with E-state index in [0.29, 0.717) is 5.92 Å². The molecule has 7 aromatic rings. The number of nitrogens with one attached hydrogen (secondary N) is 1. The van der Waals surface area contributed by atoms with Gasteiger partial charge in [0.2, 0.25) is 0 Å². The second-order valence-electron chi connectivity index (χ2n) is 17.4. The fraction of sp³-hybridized carbons (Fsp3) is 0.175. The van der Waals surface area contributed by atoms with Crippen LogP contribution in [0.1, 0.15) is 81.3 Å². The first kappa shape index (κ1) is 41.6. The molecule has 63 heavy (non-hydrogen) atoms. The third kappa shape index (κ3) is 7.44. The average Bonchev–Trinajstić information content (AvgIpc) is 3.96. The van der Waals surface area contributed by atoms with Gasteiger partial charge in [0.25, 0.3) is 0 Å². The number of hydrogen-bond donors (Lipinski definition) is 4. The van der Waals surface area contributed by atoms with Crippen LogP contribution in [0, 0.1) is 13.8 Å². The highest BCUT2D eigenvalue weighted by molar-refractivity contribution is 7.81. The van der Waals surface area contributed by atoms with Crippen LogP contribution in [-0.2, 0) is 12.8 Å². The van der Waals surface area contributed by atoms with E-state index >= 15 is 0 Å². The van der Waals surface area contributed by atoms with E-state index in [4.69, 9.17) is 42.9 Å². The van der Waals surface area contributed by atoms with Crippen molar-refractivity contribution in [1.82, 2.24) is 5.32 Å². The van der Waals surface area contributed by atoms with Gasteiger partial charge >= 0.3 is 0 Å². The minimum Gasteiger partial charge on any atom is -0.359 e. The molecule has 0 saturated heterocycles. The van der Waals surface area contributed by atoms with Crippen molar-refractivity contribution in [3.8, 4) is 44.5 Å². The summed E-state index contributed by atoms with van der Waals surface area (Å²) in [5.74, 6) is 1.36. The van der Waals surface area contributed by atoms with Crippen molar-refractivity contribution in [2.24, 2.45) is 4.99 Å². The van der Waals surface area contributed by atoms with Gasteiger partial charge in [-0.15, -0.1) is 37.9 Å². The molecule has 0 spiro atoms. The zero-order chi connectivity index (χ0) is 43.4. The van der Waals surface area contributed by atoms with E-state index in [0.717, 1.165) is 69.3 Å². The number of benzene rings is 7. The van der Waals surface area contributed by atoms with Crippen molar-refractivity contribution in [2.45, 2.75) is 72.6 Å². The molecule has 3 aliphatic rings. The quantitative estimate of drug-likeness (QED) is 0.0395. The largest absolute Gasteiger partial charge is 0.359 e. The molecule has 1 N–H and O–H groups in total. The number of fused-ring (bicyclic) bond motifs is 4. The van der Waals surface area contributed by atoms with Gasteiger partial charge in [0.15, 0.2) is 0 Å². The van der Waals surface area contributed by atoms with Crippen molar-refractivity contribution >= 4 is 62.6 Å². The molecular formula is C57H51BN2S3. The Balaban J connectivity index is 1.10. The molecule has 2 unspecified atom stereocenters. The molecule has 0 aliphatic heterocycles. The lowest BCUT2D eigenvalue weighted by Gasteiger charge is -2.29. The van der Waals surface area contributed by atoms with Crippen LogP contribution in [-0.4, -0.2) is 20.7 Å². The summed E-state index contributed by atoms with van der Waals surface area (Å²) >= 11 is 16.4. The lowest BCUT2D eigenvalue weighted by atomic mass is 9.79. The Hall–Kier alpha value is -5.40. The molecule has 2 nitrogen and oxygen atoms in total. The minimum atomic E-state index is -0.219. The highest BCUT2D eigenvalue weighted by Crippen LogP contribution is 2.51.